The lowest BCUT2D eigenvalue weighted by Crippen LogP contribution is -1.99. The van der Waals surface area contributed by atoms with Gasteiger partial charge in [0.1, 0.15) is 24.0 Å². The van der Waals surface area contributed by atoms with Crippen molar-refractivity contribution in [3.05, 3.63) is 58.2 Å². The minimum absolute atomic E-state index is 0.112. The number of hydrogen-bond donors (Lipinski definition) is 0. The van der Waals surface area contributed by atoms with Gasteiger partial charge >= 0.3 is 5.69 Å². The average molecular weight is 245 g/mol. The quantitative estimate of drug-likeness (QED) is 0.608. The molecule has 0 bridgehead atoms. The highest BCUT2D eigenvalue weighted by molar-refractivity contribution is 5.35. The molecule has 6 heteroatoms. The molecule has 6 nitrogen and oxygen atoms in total. The molecule has 0 spiro atoms. The second-order valence-electron chi connectivity index (χ2n) is 3.60. The molecule has 92 valence electrons. The molecule has 0 radical (unpaired) electrons. The maximum Gasteiger partial charge on any atom is 0.305 e. The molecular formula is C12H11N3O3. The van der Waals surface area contributed by atoms with Crippen LogP contribution in [0.25, 0.3) is 0 Å². The fraction of sp³-hybridized carbons (Fsp3) is 0.167. The Hall–Kier alpha value is -2.50. The van der Waals surface area contributed by atoms with E-state index in [0.717, 1.165) is 11.3 Å². The summed E-state index contributed by atoms with van der Waals surface area (Å²) in [5, 5.41) is 10.5. The van der Waals surface area contributed by atoms with Crippen LogP contribution in [0, 0.1) is 10.1 Å². The van der Waals surface area contributed by atoms with Gasteiger partial charge in [0.05, 0.1) is 12.0 Å². The lowest BCUT2D eigenvalue weighted by Gasteiger charge is -2.06. The number of nitro groups is 1. The molecular weight excluding hydrogens is 234 g/mol. The number of rotatable bonds is 4. The van der Waals surface area contributed by atoms with Crippen molar-refractivity contribution >= 4 is 5.69 Å². The molecule has 0 aliphatic heterocycles. The van der Waals surface area contributed by atoms with Crippen LogP contribution < -0.4 is 4.74 Å². The van der Waals surface area contributed by atoms with Gasteiger partial charge in [-0.2, -0.15) is 0 Å². The van der Waals surface area contributed by atoms with E-state index < -0.39 is 4.92 Å². The van der Waals surface area contributed by atoms with E-state index in [4.69, 9.17) is 4.74 Å². The summed E-state index contributed by atoms with van der Waals surface area (Å²) < 4.78 is 5.22. The minimum Gasteiger partial charge on any atom is -0.496 e. The van der Waals surface area contributed by atoms with Crippen LogP contribution >= 0.6 is 0 Å². The highest BCUT2D eigenvalue weighted by atomic mass is 16.6. The van der Waals surface area contributed by atoms with Crippen LogP contribution in [0.4, 0.5) is 5.69 Å². The number of benzene rings is 1. The zero-order valence-corrected chi connectivity index (χ0v) is 9.74. The summed E-state index contributed by atoms with van der Waals surface area (Å²) in [6.07, 6.45) is 2.89. The smallest absolute Gasteiger partial charge is 0.305 e. The number of ether oxygens (including phenoxy) is 1. The molecule has 1 aromatic heterocycles. The van der Waals surface area contributed by atoms with E-state index in [1.165, 1.54) is 12.4 Å². The first-order valence-electron chi connectivity index (χ1n) is 5.28. The Labute approximate surface area is 103 Å². The van der Waals surface area contributed by atoms with E-state index in [0.29, 0.717) is 12.2 Å². The zero-order chi connectivity index (χ0) is 13.0. The fourth-order valence-electron chi connectivity index (χ4n) is 1.55. The summed E-state index contributed by atoms with van der Waals surface area (Å²) in [6.45, 7) is 0. The molecule has 0 aliphatic carbocycles. The standard InChI is InChI=1S/C12H11N3O3/c1-18-11-5-3-2-4-9(11)6-12-13-7-10(8-14-12)15(16)17/h2-5,7-8H,6H2,1H3. The maximum absolute atomic E-state index is 10.5. The van der Waals surface area contributed by atoms with E-state index in [2.05, 4.69) is 9.97 Å². The molecule has 18 heavy (non-hydrogen) atoms. The normalized spacial score (nSPS) is 10.1. The van der Waals surface area contributed by atoms with Crippen molar-refractivity contribution < 1.29 is 9.66 Å². The van der Waals surface area contributed by atoms with Gasteiger partial charge in [-0.1, -0.05) is 18.2 Å². The molecule has 0 saturated heterocycles. The van der Waals surface area contributed by atoms with E-state index in [9.17, 15) is 10.1 Å². The molecule has 0 saturated carbocycles. The average Bonchev–Trinajstić information content (AvgIpc) is 2.40. The number of para-hydroxylation sites is 1. The van der Waals surface area contributed by atoms with Crippen molar-refractivity contribution in [2.45, 2.75) is 6.42 Å². The van der Waals surface area contributed by atoms with Crippen LogP contribution in [0.2, 0.25) is 0 Å². The van der Waals surface area contributed by atoms with Gasteiger partial charge in [-0.15, -0.1) is 0 Å². The molecule has 2 aromatic rings. The summed E-state index contributed by atoms with van der Waals surface area (Å²) in [5.74, 6) is 1.27. The van der Waals surface area contributed by atoms with Crippen LogP contribution in [0.3, 0.4) is 0 Å². The highest BCUT2D eigenvalue weighted by Crippen LogP contribution is 2.19. The van der Waals surface area contributed by atoms with Crippen molar-refractivity contribution in [2.75, 3.05) is 7.11 Å². The van der Waals surface area contributed by atoms with Gasteiger partial charge in [0.15, 0.2) is 0 Å². The highest BCUT2D eigenvalue weighted by Gasteiger charge is 2.09. The number of hydrogen-bond acceptors (Lipinski definition) is 5. The molecule has 1 heterocycles. The second kappa shape index (κ2) is 5.22. The van der Waals surface area contributed by atoms with Gasteiger partial charge in [-0.05, 0) is 6.07 Å². The summed E-state index contributed by atoms with van der Waals surface area (Å²) >= 11 is 0. The largest absolute Gasteiger partial charge is 0.496 e. The van der Waals surface area contributed by atoms with Crippen molar-refractivity contribution in [1.82, 2.24) is 9.97 Å². The first-order valence-corrected chi connectivity index (χ1v) is 5.28. The van der Waals surface area contributed by atoms with E-state index >= 15 is 0 Å². The number of methoxy groups -OCH3 is 1. The van der Waals surface area contributed by atoms with Gasteiger partial charge < -0.3 is 4.74 Å². The molecule has 2 rings (SSSR count). The Morgan fingerprint density at radius 3 is 2.56 bits per heavy atom. The molecule has 0 fully saturated rings. The molecule has 0 amide bonds. The molecule has 0 atom stereocenters. The lowest BCUT2D eigenvalue weighted by molar-refractivity contribution is -0.385. The van der Waals surface area contributed by atoms with Crippen LogP contribution in [0.15, 0.2) is 36.7 Å². The summed E-state index contributed by atoms with van der Waals surface area (Å²) in [5.41, 5.74) is 0.827. The van der Waals surface area contributed by atoms with Crippen LogP contribution in [-0.4, -0.2) is 22.0 Å². The zero-order valence-electron chi connectivity index (χ0n) is 9.74. The monoisotopic (exact) mass is 245 g/mol. The first kappa shape index (κ1) is 12.0. The number of aromatic nitrogens is 2. The van der Waals surface area contributed by atoms with Gasteiger partial charge in [-0.3, -0.25) is 10.1 Å². The Morgan fingerprint density at radius 2 is 1.94 bits per heavy atom. The predicted octanol–water partition coefficient (Wildman–Crippen LogP) is 1.98. The van der Waals surface area contributed by atoms with Crippen molar-refractivity contribution in [3.8, 4) is 5.75 Å². The van der Waals surface area contributed by atoms with Crippen LogP contribution in [0.1, 0.15) is 11.4 Å². The van der Waals surface area contributed by atoms with Crippen molar-refractivity contribution in [3.63, 3.8) is 0 Å². The maximum atomic E-state index is 10.5. The minimum atomic E-state index is -0.521. The van der Waals surface area contributed by atoms with Gasteiger partial charge in [-0.25, -0.2) is 9.97 Å². The molecule has 0 aliphatic rings. The third kappa shape index (κ3) is 2.60. The van der Waals surface area contributed by atoms with Crippen LogP contribution in [-0.2, 0) is 6.42 Å². The van der Waals surface area contributed by atoms with E-state index in [1.54, 1.807) is 7.11 Å². The van der Waals surface area contributed by atoms with Gasteiger partial charge in [0.25, 0.3) is 0 Å². The predicted molar refractivity (Wildman–Crippen MR) is 64.5 cm³/mol. The number of nitrogens with zero attached hydrogens (tertiary/aromatic N) is 3. The summed E-state index contributed by atoms with van der Waals surface area (Å²) in [7, 11) is 1.59. The topological polar surface area (TPSA) is 78.2 Å². The Morgan fingerprint density at radius 1 is 1.28 bits per heavy atom. The Kier molecular flexibility index (Phi) is 3.47. The summed E-state index contributed by atoms with van der Waals surface area (Å²) in [4.78, 5) is 17.9. The SMILES string of the molecule is COc1ccccc1Cc1ncc([N+](=O)[O-])cn1. The van der Waals surface area contributed by atoms with Gasteiger partial charge in [0.2, 0.25) is 0 Å². The van der Waals surface area contributed by atoms with Crippen molar-refractivity contribution in [1.29, 1.82) is 0 Å². The molecule has 1 aromatic carbocycles. The third-order valence-electron chi connectivity index (χ3n) is 2.44. The third-order valence-corrected chi connectivity index (χ3v) is 2.44. The van der Waals surface area contributed by atoms with Gasteiger partial charge in [0, 0.05) is 12.0 Å². The summed E-state index contributed by atoms with van der Waals surface area (Å²) in [6, 6.07) is 7.52. The van der Waals surface area contributed by atoms with E-state index in [1.807, 2.05) is 24.3 Å². The van der Waals surface area contributed by atoms with Crippen LogP contribution in [0.5, 0.6) is 5.75 Å². The Bertz CT molecular complexity index is 555. The fourth-order valence-corrected chi connectivity index (χ4v) is 1.55. The Balaban J connectivity index is 2.21. The molecule has 0 unspecified atom stereocenters. The van der Waals surface area contributed by atoms with Crippen molar-refractivity contribution in [2.24, 2.45) is 0 Å². The first-order chi connectivity index (χ1) is 8.70. The lowest BCUT2D eigenvalue weighted by atomic mass is 10.1. The van der Waals surface area contributed by atoms with E-state index in [-0.39, 0.29) is 5.69 Å². The second-order valence-corrected chi connectivity index (χ2v) is 3.60. The molecule has 0 N–H and O–H groups in total.